The van der Waals surface area contributed by atoms with Gasteiger partial charge in [-0.3, -0.25) is 0 Å². The van der Waals surface area contributed by atoms with Gasteiger partial charge in [-0.2, -0.15) is 0 Å². The standard InChI is InChI=1S/C10H11BrO/c1-8(6-7-12)9-2-4-10(11)5-3-9/h2-5,7-8H,6H2,1H3/t8-/m0/s1. The van der Waals surface area contributed by atoms with E-state index in [1.807, 2.05) is 24.3 Å². The van der Waals surface area contributed by atoms with Gasteiger partial charge in [-0.15, -0.1) is 0 Å². The molecule has 0 spiro atoms. The summed E-state index contributed by atoms with van der Waals surface area (Å²) in [6, 6.07) is 8.07. The van der Waals surface area contributed by atoms with Gasteiger partial charge < -0.3 is 4.79 Å². The van der Waals surface area contributed by atoms with Crippen molar-refractivity contribution >= 4 is 22.2 Å². The minimum atomic E-state index is 0.329. The molecule has 0 unspecified atom stereocenters. The second kappa shape index (κ2) is 4.41. The van der Waals surface area contributed by atoms with Gasteiger partial charge in [0.2, 0.25) is 0 Å². The summed E-state index contributed by atoms with van der Waals surface area (Å²) in [5, 5.41) is 0. The Morgan fingerprint density at radius 1 is 1.42 bits per heavy atom. The van der Waals surface area contributed by atoms with E-state index in [2.05, 4.69) is 22.9 Å². The molecule has 1 nitrogen and oxygen atoms in total. The largest absolute Gasteiger partial charge is 0.303 e. The fraction of sp³-hybridized carbons (Fsp3) is 0.300. The van der Waals surface area contributed by atoms with Crippen molar-refractivity contribution in [2.24, 2.45) is 0 Å². The van der Waals surface area contributed by atoms with Crippen LogP contribution in [0.15, 0.2) is 28.7 Å². The van der Waals surface area contributed by atoms with E-state index in [0.717, 1.165) is 10.8 Å². The quantitative estimate of drug-likeness (QED) is 0.725. The van der Waals surface area contributed by atoms with Crippen molar-refractivity contribution in [2.75, 3.05) is 0 Å². The van der Waals surface area contributed by atoms with Crippen LogP contribution >= 0.6 is 15.9 Å². The van der Waals surface area contributed by atoms with Gasteiger partial charge in [0, 0.05) is 10.9 Å². The number of aldehydes is 1. The van der Waals surface area contributed by atoms with E-state index in [4.69, 9.17) is 0 Å². The molecule has 0 radical (unpaired) electrons. The number of carbonyl (C=O) groups is 1. The van der Waals surface area contributed by atoms with Crippen LogP contribution < -0.4 is 0 Å². The Morgan fingerprint density at radius 2 is 2.00 bits per heavy atom. The highest BCUT2D eigenvalue weighted by molar-refractivity contribution is 9.10. The molecule has 1 rings (SSSR count). The number of halogens is 1. The van der Waals surface area contributed by atoms with Crippen LogP contribution in [-0.4, -0.2) is 6.29 Å². The first-order valence-corrected chi connectivity index (χ1v) is 4.72. The monoisotopic (exact) mass is 226 g/mol. The topological polar surface area (TPSA) is 17.1 Å². The lowest BCUT2D eigenvalue weighted by Crippen LogP contribution is -1.93. The van der Waals surface area contributed by atoms with Gasteiger partial charge in [0.05, 0.1) is 0 Å². The summed E-state index contributed by atoms with van der Waals surface area (Å²) in [5.74, 6) is 0.329. The zero-order valence-corrected chi connectivity index (χ0v) is 8.54. The number of hydrogen-bond donors (Lipinski definition) is 0. The zero-order valence-electron chi connectivity index (χ0n) is 6.96. The van der Waals surface area contributed by atoms with Crippen molar-refractivity contribution in [3.8, 4) is 0 Å². The number of carbonyl (C=O) groups excluding carboxylic acids is 1. The van der Waals surface area contributed by atoms with Crippen LogP contribution in [0.2, 0.25) is 0 Å². The van der Waals surface area contributed by atoms with Crippen molar-refractivity contribution in [2.45, 2.75) is 19.3 Å². The van der Waals surface area contributed by atoms with E-state index < -0.39 is 0 Å². The van der Waals surface area contributed by atoms with Gasteiger partial charge in [-0.05, 0) is 23.6 Å². The minimum Gasteiger partial charge on any atom is -0.303 e. The van der Waals surface area contributed by atoms with Crippen molar-refractivity contribution in [1.82, 2.24) is 0 Å². The molecular formula is C10H11BrO. The molecule has 0 heterocycles. The molecule has 0 aromatic heterocycles. The number of hydrogen-bond acceptors (Lipinski definition) is 1. The van der Waals surface area contributed by atoms with Crippen LogP contribution in [0.5, 0.6) is 0 Å². The molecule has 0 N–H and O–H groups in total. The normalized spacial score (nSPS) is 12.5. The molecule has 1 atom stereocenters. The Bertz CT molecular complexity index is 253. The number of rotatable bonds is 3. The van der Waals surface area contributed by atoms with Gasteiger partial charge in [0.1, 0.15) is 6.29 Å². The average molecular weight is 227 g/mol. The molecule has 0 aliphatic heterocycles. The molecular weight excluding hydrogens is 216 g/mol. The summed E-state index contributed by atoms with van der Waals surface area (Å²) in [7, 11) is 0. The maximum Gasteiger partial charge on any atom is 0.120 e. The maximum atomic E-state index is 10.2. The summed E-state index contributed by atoms with van der Waals surface area (Å²) in [6.45, 7) is 2.05. The van der Waals surface area contributed by atoms with Crippen LogP contribution in [0.3, 0.4) is 0 Å². The highest BCUT2D eigenvalue weighted by atomic mass is 79.9. The second-order valence-corrected chi connectivity index (χ2v) is 3.77. The highest BCUT2D eigenvalue weighted by Crippen LogP contribution is 2.19. The Hall–Kier alpha value is -0.630. The van der Waals surface area contributed by atoms with Crippen LogP contribution in [-0.2, 0) is 4.79 Å². The summed E-state index contributed by atoms with van der Waals surface area (Å²) in [6.07, 6.45) is 1.56. The van der Waals surface area contributed by atoms with Crippen LogP contribution in [0.4, 0.5) is 0 Å². The zero-order chi connectivity index (χ0) is 8.97. The molecule has 0 fully saturated rings. The first-order valence-electron chi connectivity index (χ1n) is 3.93. The predicted octanol–water partition coefficient (Wildman–Crippen LogP) is 3.14. The predicted molar refractivity (Wildman–Crippen MR) is 53.2 cm³/mol. The lowest BCUT2D eigenvalue weighted by atomic mass is 9.99. The van der Waals surface area contributed by atoms with Crippen molar-refractivity contribution in [3.63, 3.8) is 0 Å². The molecule has 0 saturated carbocycles. The smallest absolute Gasteiger partial charge is 0.120 e. The third kappa shape index (κ3) is 2.45. The fourth-order valence-corrected chi connectivity index (χ4v) is 1.34. The van der Waals surface area contributed by atoms with E-state index in [9.17, 15) is 4.79 Å². The van der Waals surface area contributed by atoms with Crippen LogP contribution in [0.1, 0.15) is 24.8 Å². The molecule has 0 aliphatic rings. The van der Waals surface area contributed by atoms with E-state index in [-0.39, 0.29) is 0 Å². The average Bonchev–Trinajstić information content (AvgIpc) is 2.06. The van der Waals surface area contributed by atoms with Gasteiger partial charge in [0.15, 0.2) is 0 Å². The lowest BCUT2D eigenvalue weighted by molar-refractivity contribution is -0.108. The maximum absolute atomic E-state index is 10.2. The van der Waals surface area contributed by atoms with Gasteiger partial charge in [-0.25, -0.2) is 0 Å². The van der Waals surface area contributed by atoms with Gasteiger partial charge in [-0.1, -0.05) is 35.0 Å². The molecule has 1 aromatic rings. The summed E-state index contributed by atoms with van der Waals surface area (Å²) < 4.78 is 1.07. The summed E-state index contributed by atoms with van der Waals surface area (Å²) in [5.41, 5.74) is 1.21. The summed E-state index contributed by atoms with van der Waals surface area (Å²) in [4.78, 5) is 10.2. The Labute approximate surface area is 80.9 Å². The lowest BCUT2D eigenvalue weighted by Gasteiger charge is -2.07. The van der Waals surface area contributed by atoms with Crippen LogP contribution in [0, 0.1) is 0 Å². The van der Waals surface area contributed by atoms with E-state index in [1.165, 1.54) is 5.56 Å². The molecule has 0 aliphatic carbocycles. The van der Waals surface area contributed by atoms with Gasteiger partial charge >= 0.3 is 0 Å². The van der Waals surface area contributed by atoms with Gasteiger partial charge in [0.25, 0.3) is 0 Å². The van der Waals surface area contributed by atoms with Crippen molar-refractivity contribution < 1.29 is 4.79 Å². The van der Waals surface area contributed by atoms with Crippen molar-refractivity contribution in [3.05, 3.63) is 34.3 Å². The third-order valence-electron chi connectivity index (χ3n) is 1.89. The Morgan fingerprint density at radius 3 is 2.50 bits per heavy atom. The first kappa shape index (κ1) is 9.46. The molecule has 12 heavy (non-hydrogen) atoms. The molecule has 0 amide bonds. The SMILES string of the molecule is C[C@@H](CC=O)c1ccc(Br)cc1. The molecule has 64 valence electrons. The minimum absolute atomic E-state index is 0.329. The Kier molecular flexibility index (Phi) is 3.48. The number of benzene rings is 1. The fourth-order valence-electron chi connectivity index (χ4n) is 1.07. The van der Waals surface area contributed by atoms with Crippen LogP contribution in [0.25, 0.3) is 0 Å². The molecule has 0 bridgehead atoms. The first-order chi connectivity index (χ1) is 5.74. The second-order valence-electron chi connectivity index (χ2n) is 2.85. The van der Waals surface area contributed by atoms with E-state index in [0.29, 0.717) is 12.3 Å². The highest BCUT2D eigenvalue weighted by Gasteiger charge is 2.03. The third-order valence-corrected chi connectivity index (χ3v) is 2.42. The summed E-state index contributed by atoms with van der Waals surface area (Å²) >= 11 is 3.36. The Balaban J connectivity index is 2.74. The molecule has 2 heteroatoms. The van der Waals surface area contributed by atoms with E-state index >= 15 is 0 Å². The molecule has 1 aromatic carbocycles. The van der Waals surface area contributed by atoms with E-state index in [1.54, 1.807) is 0 Å². The molecule has 0 saturated heterocycles. The van der Waals surface area contributed by atoms with Crippen molar-refractivity contribution in [1.29, 1.82) is 0 Å².